The summed E-state index contributed by atoms with van der Waals surface area (Å²) in [6.45, 7) is 3.05. The van der Waals surface area contributed by atoms with Gasteiger partial charge in [-0.1, -0.05) is 12.1 Å². The average molecular weight is 341 g/mol. The Morgan fingerprint density at radius 3 is 2.72 bits per heavy atom. The summed E-state index contributed by atoms with van der Waals surface area (Å²) >= 11 is 0. The van der Waals surface area contributed by atoms with E-state index in [0.29, 0.717) is 22.9 Å². The maximum Gasteiger partial charge on any atom is 0.248 e. The zero-order valence-electron chi connectivity index (χ0n) is 14.7. The average Bonchev–Trinajstić information content (AvgIpc) is 2.61. The van der Waals surface area contributed by atoms with Gasteiger partial charge in [0, 0.05) is 30.6 Å². The predicted octanol–water partition coefficient (Wildman–Crippen LogP) is 2.02. The van der Waals surface area contributed by atoms with Gasteiger partial charge in [-0.15, -0.1) is 0 Å². The fourth-order valence-electron chi connectivity index (χ4n) is 2.65. The van der Waals surface area contributed by atoms with Crippen molar-refractivity contribution in [3.63, 3.8) is 0 Å². The number of benzene rings is 1. The van der Waals surface area contributed by atoms with Crippen molar-refractivity contribution in [2.45, 2.75) is 12.8 Å². The summed E-state index contributed by atoms with van der Waals surface area (Å²) in [5.41, 5.74) is 13.2. The zero-order valence-corrected chi connectivity index (χ0v) is 14.7. The first kappa shape index (κ1) is 18.7. The minimum absolute atomic E-state index is 0.263. The van der Waals surface area contributed by atoms with Crippen LogP contribution < -0.4 is 16.8 Å². The lowest BCUT2D eigenvalue weighted by Gasteiger charge is -2.27. The lowest BCUT2D eigenvalue weighted by molar-refractivity contribution is -0.111. The van der Waals surface area contributed by atoms with Crippen molar-refractivity contribution < 1.29 is 4.79 Å². The molecule has 6 nitrogen and oxygen atoms in total. The number of nitrogen functional groups attached to an aromatic ring is 1. The number of allylic oxidation sites excluding steroid dienone is 2. The Morgan fingerprint density at radius 1 is 1.32 bits per heavy atom. The lowest BCUT2D eigenvalue weighted by Crippen LogP contribution is -2.31. The third-order valence-electron chi connectivity index (χ3n) is 4.28. The Bertz CT molecular complexity index is 658. The maximum atomic E-state index is 12.0. The number of aliphatic imine (C=N–C) groups is 1. The fraction of sp³-hybridized carbons (Fsp3) is 0.368. The van der Waals surface area contributed by atoms with Crippen LogP contribution in [-0.4, -0.2) is 43.7 Å². The number of nitrogens with zero attached hydrogens (tertiary/aromatic N) is 2. The molecule has 0 atom stereocenters. The van der Waals surface area contributed by atoms with Gasteiger partial charge in [-0.25, -0.2) is 0 Å². The van der Waals surface area contributed by atoms with E-state index in [4.69, 9.17) is 11.5 Å². The molecule has 0 aromatic heterocycles. The van der Waals surface area contributed by atoms with E-state index in [0.717, 1.165) is 19.6 Å². The number of nitrogens with one attached hydrogen (secondary N) is 1. The molecular formula is C19H27N5O. The number of hydrogen-bond donors (Lipinski definition) is 3. The van der Waals surface area contributed by atoms with Crippen LogP contribution in [0.1, 0.15) is 12.8 Å². The van der Waals surface area contributed by atoms with Crippen molar-refractivity contribution in [2.24, 2.45) is 16.6 Å². The van der Waals surface area contributed by atoms with E-state index < -0.39 is 0 Å². The van der Waals surface area contributed by atoms with Crippen LogP contribution in [-0.2, 0) is 4.79 Å². The smallest absolute Gasteiger partial charge is 0.248 e. The summed E-state index contributed by atoms with van der Waals surface area (Å²) in [4.78, 5) is 18.8. The van der Waals surface area contributed by atoms with Crippen LogP contribution in [0.15, 0.2) is 53.2 Å². The molecule has 1 aliphatic rings. The number of carbonyl (C=O) groups is 1. The highest BCUT2D eigenvalue weighted by atomic mass is 16.1. The van der Waals surface area contributed by atoms with Gasteiger partial charge in [-0.05, 0) is 57.1 Å². The van der Waals surface area contributed by atoms with E-state index >= 15 is 0 Å². The molecule has 0 unspecified atom stereocenters. The largest absolute Gasteiger partial charge is 0.404 e. The predicted molar refractivity (Wildman–Crippen MR) is 104 cm³/mol. The molecule has 0 bridgehead atoms. The Labute approximate surface area is 149 Å². The molecule has 0 saturated carbocycles. The molecule has 1 aromatic rings. The first-order chi connectivity index (χ1) is 12.1. The van der Waals surface area contributed by atoms with Gasteiger partial charge in [0.2, 0.25) is 5.91 Å². The second kappa shape index (κ2) is 9.64. The van der Waals surface area contributed by atoms with E-state index in [1.54, 1.807) is 24.4 Å². The number of carbonyl (C=O) groups excluding carboxylic acids is 1. The maximum absolute atomic E-state index is 12.0. The summed E-state index contributed by atoms with van der Waals surface area (Å²) in [6, 6.07) is 7.12. The van der Waals surface area contributed by atoms with Gasteiger partial charge in [-0.2, -0.15) is 0 Å². The number of anilines is 2. The summed E-state index contributed by atoms with van der Waals surface area (Å²) in [5.74, 6) is 0.362. The standard InChI is InChI=1S/C19H27N5O/c1-24-10-8-15(9-11-24)13-22-14-16(12-20)6-7-19(25)23-18-5-3-2-4-17(18)21/h2-7,12,14-15H,8-11,13,20-21H2,1H3,(H,23,25)/b7-6+,16-12?,22-14?. The molecule has 1 amide bonds. The van der Waals surface area contributed by atoms with Crippen LogP contribution in [0.3, 0.4) is 0 Å². The van der Waals surface area contributed by atoms with Gasteiger partial charge in [0.1, 0.15) is 0 Å². The third kappa shape index (κ3) is 6.43. The van der Waals surface area contributed by atoms with Crippen LogP contribution >= 0.6 is 0 Å². The van der Waals surface area contributed by atoms with Crippen molar-refractivity contribution in [3.8, 4) is 0 Å². The quantitative estimate of drug-likeness (QED) is 0.319. The molecule has 0 radical (unpaired) electrons. The molecule has 1 aliphatic heterocycles. The first-order valence-electron chi connectivity index (χ1n) is 8.52. The van der Waals surface area contributed by atoms with Crippen LogP contribution in [0.25, 0.3) is 0 Å². The highest BCUT2D eigenvalue weighted by Gasteiger charge is 2.15. The zero-order chi connectivity index (χ0) is 18.1. The number of likely N-dealkylation sites (tertiary alicyclic amines) is 1. The minimum atomic E-state index is -0.263. The molecule has 1 saturated heterocycles. The third-order valence-corrected chi connectivity index (χ3v) is 4.28. The Kier molecular flexibility index (Phi) is 7.22. The summed E-state index contributed by atoms with van der Waals surface area (Å²) < 4.78 is 0. The molecule has 1 fully saturated rings. The molecule has 2 rings (SSSR count). The monoisotopic (exact) mass is 341 g/mol. The van der Waals surface area contributed by atoms with Gasteiger partial charge >= 0.3 is 0 Å². The molecule has 1 heterocycles. The molecule has 0 aliphatic carbocycles. The van der Waals surface area contributed by atoms with E-state index in [-0.39, 0.29) is 5.91 Å². The lowest BCUT2D eigenvalue weighted by atomic mass is 9.97. The number of nitrogens with two attached hydrogens (primary N) is 2. The molecule has 6 heteroatoms. The second-order valence-corrected chi connectivity index (χ2v) is 6.32. The molecule has 0 spiro atoms. The van der Waals surface area contributed by atoms with Crippen LogP contribution in [0, 0.1) is 5.92 Å². The number of para-hydroxylation sites is 2. The second-order valence-electron chi connectivity index (χ2n) is 6.32. The van der Waals surface area contributed by atoms with E-state index in [9.17, 15) is 4.79 Å². The number of amides is 1. The fourth-order valence-corrected chi connectivity index (χ4v) is 2.65. The topological polar surface area (TPSA) is 96.7 Å². The Hall–Kier alpha value is -2.60. The first-order valence-corrected chi connectivity index (χ1v) is 8.52. The normalized spacial score (nSPS) is 17.4. The van der Waals surface area contributed by atoms with Crippen molar-refractivity contribution in [2.75, 3.05) is 37.7 Å². The highest BCUT2D eigenvalue weighted by Crippen LogP contribution is 2.17. The van der Waals surface area contributed by atoms with Gasteiger partial charge in [0.15, 0.2) is 0 Å². The van der Waals surface area contributed by atoms with Crippen LogP contribution in [0.5, 0.6) is 0 Å². The van der Waals surface area contributed by atoms with E-state index in [1.165, 1.54) is 25.1 Å². The van der Waals surface area contributed by atoms with E-state index in [1.807, 2.05) is 12.1 Å². The summed E-state index contributed by atoms with van der Waals surface area (Å²) in [6.07, 6.45) is 8.58. The molecular weight excluding hydrogens is 314 g/mol. The number of hydrogen-bond acceptors (Lipinski definition) is 5. The minimum Gasteiger partial charge on any atom is -0.404 e. The number of rotatable bonds is 6. The molecule has 5 N–H and O–H groups in total. The van der Waals surface area contributed by atoms with Crippen molar-refractivity contribution in [1.82, 2.24) is 4.90 Å². The van der Waals surface area contributed by atoms with Gasteiger partial charge in [-0.3, -0.25) is 9.79 Å². The van der Waals surface area contributed by atoms with Gasteiger partial charge in [0.05, 0.1) is 11.4 Å². The highest BCUT2D eigenvalue weighted by molar-refractivity contribution is 6.02. The van der Waals surface area contributed by atoms with Crippen LogP contribution in [0.4, 0.5) is 11.4 Å². The van der Waals surface area contributed by atoms with Crippen molar-refractivity contribution in [3.05, 3.63) is 48.2 Å². The summed E-state index contributed by atoms with van der Waals surface area (Å²) in [5, 5.41) is 2.73. The Morgan fingerprint density at radius 2 is 2.04 bits per heavy atom. The Balaban J connectivity index is 1.82. The van der Waals surface area contributed by atoms with Gasteiger partial charge < -0.3 is 21.7 Å². The molecule has 1 aromatic carbocycles. The number of piperidine rings is 1. The summed E-state index contributed by atoms with van der Waals surface area (Å²) in [7, 11) is 2.15. The molecule has 134 valence electrons. The van der Waals surface area contributed by atoms with Crippen molar-refractivity contribution >= 4 is 23.5 Å². The molecule has 25 heavy (non-hydrogen) atoms. The van der Waals surface area contributed by atoms with Crippen LogP contribution in [0.2, 0.25) is 0 Å². The van der Waals surface area contributed by atoms with Crippen molar-refractivity contribution in [1.29, 1.82) is 0 Å². The van der Waals surface area contributed by atoms with Gasteiger partial charge in [0.25, 0.3) is 0 Å². The van der Waals surface area contributed by atoms with E-state index in [2.05, 4.69) is 22.3 Å². The SMILES string of the molecule is CN1CCC(CN=CC(=CN)/C=C/C(=O)Nc2ccccc2N)CC1.